The topological polar surface area (TPSA) is 48.0 Å². The van der Waals surface area contributed by atoms with E-state index in [0.717, 1.165) is 11.3 Å². The molecule has 0 saturated carbocycles. The van der Waals surface area contributed by atoms with Crippen LogP contribution >= 0.6 is 0 Å². The number of benzene rings is 1. The van der Waals surface area contributed by atoms with E-state index in [2.05, 4.69) is 0 Å². The fourth-order valence-electron chi connectivity index (χ4n) is 2.46. The van der Waals surface area contributed by atoms with Crippen LogP contribution < -0.4 is 9.47 Å². The van der Waals surface area contributed by atoms with Crippen LogP contribution in [0.1, 0.15) is 25.5 Å². The van der Waals surface area contributed by atoms with Gasteiger partial charge < -0.3 is 19.1 Å². The minimum absolute atomic E-state index is 0.0304. The Hall–Kier alpha value is -1.91. The highest BCUT2D eigenvalue weighted by molar-refractivity contribution is 5.71. The second-order valence-corrected chi connectivity index (χ2v) is 4.44. The van der Waals surface area contributed by atoms with Crippen molar-refractivity contribution in [1.82, 2.24) is 4.90 Å². The molecule has 1 aromatic carbocycles. The van der Waals surface area contributed by atoms with Gasteiger partial charge in [0.1, 0.15) is 6.10 Å². The molecular formula is C13H15NO4. The number of amides is 1. The Bertz CT molecular complexity index is 488. The number of fused-ring (bicyclic) bond motifs is 1. The lowest BCUT2D eigenvalue weighted by molar-refractivity contribution is 0.130. The van der Waals surface area contributed by atoms with Crippen molar-refractivity contribution in [3.63, 3.8) is 0 Å². The van der Waals surface area contributed by atoms with Gasteiger partial charge in [-0.3, -0.25) is 0 Å². The first-order chi connectivity index (χ1) is 8.70. The van der Waals surface area contributed by atoms with Gasteiger partial charge in [0.25, 0.3) is 0 Å². The van der Waals surface area contributed by atoms with Gasteiger partial charge in [0.2, 0.25) is 6.79 Å². The van der Waals surface area contributed by atoms with Gasteiger partial charge in [-0.1, -0.05) is 6.07 Å². The van der Waals surface area contributed by atoms with E-state index in [4.69, 9.17) is 14.2 Å². The van der Waals surface area contributed by atoms with E-state index in [1.807, 2.05) is 32.0 Å². The molecule has 2 aliphatic heterocycles. The Kier molecular flexibility index (Phi) is 2.54. The van der Waals surface area contributed by atoms with E-state index in [1.165, 1.54) is 0 Å². The summed E-state index contributed by atoms with van der Waals surface area (Å²) in [5.74, 6) is 1.45. The van der Waals surface area contributed by atoms with Crippen LogP contribution in [0.15, 0.2) is 18.2 Å². The summed E-state index contributed by atoms with van der Waals surface area (Å²) in [5.41, 5.74) is 0.941. The van der Waals surface area contributed by atoms with Crippen LogP contribution in [0.25, 0.3) is 0 Å². The Morgan fingerprint density at radius 3 is 2.83 bits per heavy atom. The van der Waals surface area contributed by atoms with Crippen molar-refractivity contribution in [2.24, 2.45) is 0 Å². The van der Waals surface area contributed by atoms with Gasteiger partial charge in [-0.15, -0.1) is 0 Å². The molecule has 2 aliphatic rings. The normalized spacial score (nSPS) is 25.4. The van der Waals surface area contributed by atoms with Crippen LogP contribution in [0.5, 0.6) is 11.5 Å². The van der Waals surface area contributed by atoms with Crippen molar-refractivity contribution in [3.8, 4) is 11.5 Å². The summed E-state index contributed by atoms with van der Waals surface area (Å²) in [4.78, 5) is 13.4. The summed E-state index contributed by atoms with van der Waals surface area (Å²) < 4.78 is 16.0. The molecule has 0 N–H and O–H groups in total. The van der Waals surface area contributed by atoms with Crippen molar-refractivity contribution in [2.75, 3.05) is 13.3 Å². The maximum atomic E-state index is 11.7. The molecule has 0 bridgehead atoms. The maximum absolute atomic E-state index is 11.7. The van der Waals surface area contributed by atoms with E-state index in [-0.39, 0.29) is 25.0 Å². The molecule has 0 spiro atoms. The van der Waals surface area contributed by atoms with E-state index < -0.39 is 0 Å². The Morgan fingerprint density at radius 1 is 1.33 bits per heavy atom. The molecule has 5 heteroatoms. The molecule has 1 aromatic rings. The maximum Gasteiger partial charge on any atom is 0.410 e. The predicted octanol–water partition coefficient (Wildman–Crippen LogP) is 2.32. The molecule has 0 unspecified atom stereocenters. The lowest BCUT2D eigenvalue weighted by Crippen LogP contribution is -2.31. The van der Waals surface area contributed by atoms with Crippen LogP contribution in [0.3, 0.4) is 0 Å². The van der Waals surface area contributed by atoms with Crippen LogP contribution in [0.2, 0.25) is 0 Å². The minimum atomic E-state index is -0.257. The number of likely N-dealkylation sites (N-methyl/N-ethyl adjacent to an activating group) is 1. The van der Waals surface area contributed by atoms with Gasteiger partial charge in [-0.25, -0.2) is 4.79 Å². The molecule has 96 valence electrons. The monoisotopic (exact) mass is 249 g/mol. The standard InChI is InChI=1S/C13H15NO4/c1-3-14-8(2)12(18-13(14)15)9-4-5-10-11(6-9)17-7-16-10/h4-6,8,12H,3,7H2,1-2H3/t8-,12-/m0/s1. The van der Waals surface area contributed by atoms with Gasteiger partial charge in [0.05, 0.1) is 6.04 Å². The predicted molar refractivity (Wildman–Crippen MR) is 63.6 cm³/mol. The van der Waals surface area contributed by atoms with Crippen molar-refractivity contribution in [3.05, 3.63) is 23.8 Å². The smallest absolute Gasteiger partial charge is 0.410 e. The summed E-state index contributed by atoms with van der Waals surface area (Å²) in [6.07, 6.45) is -0.500. The summed E-state index contributed by atoms with van der Waals surface area (Å²) in [6.45, 7) is 4.84. The second-order valence-electron chi connectivity index (χ2n) is 4.44. The van der Waals surface area contributed by atoms with Crippen molar-refractivity contribution < 1.29 is 19.0 Å². The molecule has 1 saturated heterocycles. The Balaban J connectivity index is 1.89. The lowest BCUT2D eigenvalue weighted by atomic mass is 10.0. The molecule has 0 aromatic heterocycles. The summed E-state index contributed by atoms with van der Waals surface area (Å²) in [7, 11) is 0. The first-order valence-corrected chi connectivity index (χ1v) is 6.07. The first kappa shape index (κ1) is 11.2. The van der Waals surface area contributed by atoms with Crippen molar-refractivity contribution in [1.29, 1.82) is 0 Å². The molecule has 1 fully saturated rings. The highest BCUT2D eigenvalue weighted by Crippen LogP contribution is 2.38. The third-order valence-corrected chi connectivity index (χ3v) is 3.46. The number of nitrogens with zero attached hydrogens (tertiary/aromatic N) is 1. The zero-order valence-electron chi connectivity index (χ0n) is 10.4. The van der Waals surface area contributed by atoms with Gasteiger partial charge in [-0.2, -0.15) is 0 Å². The number of rotatable bonds is 2. The number of ether oxygens (including phenoxy) is 3. The molecule has 18 heavy (non-hydrogen) atoms. The van der Waals surface area contributed by atoms with Crippen LogP contribution in [-0.4, -0.2) is 30.4 Å². The highest BCUT2D eigenvalue weighted by atomic mass is 16.7. The average molecular weight is 249 g/mol. The largest absolute Gasteiger partial charge is 0.454 e. The molecule has 0 aliphatic carbocycles. The third kappa shape index (κ3) is 1.58. The molecule has 5 nitrogen and oxygen atoms in total. The first-order valence-electron chi connectivity index (χ1n) is 6.07. The zero-order chi connectivity index (χ0) is 12.7. The van der Waals surface area contributed by atoms with Gasteiger partial charge in [-0.05, 0) is 31.5 Å². The molecular weight excluding hydrogens is 234 g/mol. The molecule has 0 radical (unpaired) electrons. The van der Waals surface area contributed by atoms with E-state index in [9.17, 15) is 4.79 Å². The fourth-order valence-corrected chi connectivity index (χ4v) is 2.46. The lowest BCUT2D eigenvalue weighted by Gasteiger charge is -2.19. The molecule has 1 amide bonds. The number of carbonyl (C=O) groups excluding carboxylic acids is 1. The summed E-state index contributed by atoms with van der Waals surface area (Å²) >= 11 is 0. The molecule has 2 heterocycles. The number of carbonyl (C=O) groups is 1. The van der Waals surface area contributed by atoms with Crippen LogP contribution in [0, 0.1) is 0 Å². The van der Waals surface area contributed by atoms with Gasteiger partial charge >= 0.3 is 6.09 Å². The van der Waals surface area contributed by atoms with Crippen LogP contribution in [0.4, 0.5) is 4.79 Å². The molecule has 2 atom stereocenters. The van der Waals surface area contributed by atoms with Gasteiger partial charge in [0.15, 0.2) is 11.5 Å². The second kappa shape index (κ2) is 4.08. The fraction of sp³-hybridized carbons (Fsp3) is 0.462. The van der Waals surface area contributed by atoms with Crippen LogP contribution in [-0.2, 0) is 4.74 Å². The summed E-state index contributed by atoms with van der Waals surface area (Å²) in [5, 5.41) is 0. The minimum Gasteiger partial charge on any atom is -0.454 e. The number of hydrogen-bond acceptors (Lipinski definition) is 4. The number of cyclic esters (lactones) is 1. The Labute approximate surface area is 105 Å². The number of hydrogen-bond donors (Lipinski definition) is 0. The average Bonchev–Trinajstić information content (AvgIpc) is 2.93. The SMILES string of the molecule is CCN1C(=O)O[C@H](c2ccc3c(c2)OCO3)[C@@H]1C. The summed E-state index contributed by atoms with van der Waals surface area (Å²) in [6, 6.07) is 5.69. The molecule has 3 rings (SSSR count). The highest BCUT2D eigenvalue weighted by Gasteiger charge is 2.39. The quantitative estimate of drug-likeness (QED) is 0.807. The van der Waals surface area contributed by atoms with E-state index in [1.54, 1.807) is 4.90 Å². The van der Waals surface area contributed by atoms with Crippen molar-refractivity contribution >= 4 is 6.09 Å². The van der Waals surface area contributed by atoms with E-state index >= 15 is 0 Å². The van der Waals surface area contributed by atoms with Crippen molar-refractivity contribution in [2.45, 2.75) is 26.0 Å². The van der Waals surface area contributed by atoms with E-state index in [0.29, 0.717) is 12.3 Å². The third-order valence-electron chi connectivity index (χ3n) is 3.46. The Morgan fingerprint density at radius 2 is 2.11 bits per heavy atom. The van der Waals surface area contributed by atoms with Gasteiger partial charge in [0, 0.05) is 6.54 Å². The zero-order valence-corrected chi connectivity index (χ0v) is 10.4.